The summed E-state index contributed by atoms with van der Waals surface area (Å²) in [5.74, 6) is -0.299. The number of hydrogen-bond acceptors (Lipinski definition) is 8. The van der Waals surface area contributed by atoms with Gasteiger partial charge in [-0.25, -0.2) is 15.0 Å². The number of nitrogens with two attached hydrogens (primary N) is 1. The Labute approximate surface area is 124 Å². The molecule has 1 aliphatic heterocycles. The van der Waals surface area contributed by atoms with Crippen molar-refractivity contribution >= 4 is 22.9 Å². The zero-order chi connectivity index (χ0) is 15.9. The monoisotopic (exact) mass is 308 g/mol. The molecule has 22 heavy (non-hydrogen) atoms. The molecule has 2 unspecified atom stereocenters. The Bertz CT molecular complexity index is 704. The Kier molecular flexibility index (Phi) is 3.64. The summed E-state index contributed by atoms with van der Waals surface area (Å²) in [6.07, 6.45) is -2.20. The number of imidazole rings is 1. The number of ether oxygens (including phenoxy) is 1. The average Bonchev–Trinajstić information content (AvgIpc) is 3.03. The summed E-state index contributed by atoms with van der Waals surface area (Å²) in [7, 11) is 0. The Morgan fingerprint density at radius 1 is 1.41 bits per heavy atom. The van der Waals surface area contributed by atoms with Crippen molar-refractivity contribution in [1.82, 2.24) is 24.8 Å². The fourth-order valence-corrected chi connectivity index (χ4v) is 2.44. The van der Waals surface area contributed by atoms with Gasteiger partial charge >= 0.3 is 0 Å². The number of nitrogens with zero attached hydrogens (tertiary/aromatic N) is 4. The number of carbonyl (C=O) groups is 1. The Hall–Kier alpha value is -2.30. The minimum atomic E-state index is -1.35. The molecule has 0 bridgehead atoms. The molecular formula is C12H16N6O4. The number of nitrogens with one attached hydrogen (secondary N) is 1. The van der Waals surface area contributed by atoms with Crippen molar-refractivity contribution in [3.63, 3.8) is 0 Å². The van der Waals surface area contributed by atoms with Crippen LogP contribution in [0.3, 0.4) is 0 Å². The van der Waals surface area contributed by atoms with Gasteiger partial charge < -0.3 is 26.0 Å². The van der Waals surface area contributed by atoms with Crippen molar-refractivity contribution in [2.24, 2.45) is 0 Å². The summed E-state index contributed by atoms with van der Waals surface area (Å²) in [5.41, 5.74) is 6.40. The van der Waals surface area contributed by atoms with Crippen LogP contribution >= 0.6 is 0 Å². The number of hydrogen-bond donors (Lipinski definition) is 4. The van der Waals surface area contributed by atoms with Crippen LogP contribution in [0.1, 0.15) is 13.2 Å². The highest BCUT2D eigenvalue weighted by Gasteiger charge is 2.47. The summed E-state index contributed by atoms with van der Waals surface area (Å²) < 4.78 is 6.92. The third-order valence-corrected chi connectivity index (χ3v) is 3.51. The minimum Gasteiger partial charge on any atom is -0.387 e. The van der Waals surface area contributed by atoms with Gasteiger partial charge in [-0.05, 0) is 6.92 Å². The number of carbonyl (C=O) groups excluding carboxylic acids is 1. The van der Waals surface area contributed by atoms with Crippen LogP contribution in [0.15, 0.2) is 12.7 Å². The van der Waals surface area contributed by atoms with Crippen molar-refractivity contribution in [1.29, 1.82) is 0 Å². The third kappa shape index (κ3) is 2.17. The number of likely N-dealkylation sites (N-methyl/N-ethyl adjacent to an activating group) is 1. The third-order valence-electron chi connectivity index (χ3n) is 3.51. The van der Waals surface area contributed by atoms with Crippen LogP contribution < -0.4 is 11.1 Å². The van der Waals surface area contributed by atoms with Crippen molar-refractivity contribution in [3.05, 3.63) is 12.7 Å². The van der Waals surface area contributed by atoms with Gasteiger partial charge in [0.2, 0.25) is 0 Å². The number of fused-ring (bicyclic) bond motifs is 1. The molecule has 2 aromatic rings. The van der Waals surface area contributed by atoms with Gasteiger partial charge in [0.1, 0.15) is 24.1 Å². The first-order valence-corrected chi connectivity index (χ1v) is 6.77. The van der Waals surface area contributed by atoms with E-state index in [2.05, 4.69) is 20.3 Å². The maximum atomic E-state index is 11.9. The van der Waals surface area contributed by atoms with Gasteiger partial charge in [-0.15, -0.1) is 0 Å². The molecule has 3 heterocycles. The number of aliphatic hydroxyl groups is 2. The average molecular weight is 308 g/mol. The van der Waals surface area contributed by atoms with Crippen LogP contribution in [0.5, 0.6) is 0 Å². The highest BCUT2D eigenvalue weighted by atomic mass is 16.6. The van der Waals surface area contributed by atoms with Crippen molar-refractivity contribution in [2.75, 3.05) is 12.3 Å². The molecule has 0 saturated carbocycles. The highest BCUT2D eigenvalue weighted by Crippen LogP contribution is 2.31. The second kappa shape index (κ2) is 5.48. The quantitative estimate of drug-likeness (QED) is 0.517. The van der Waals surface area contributed by atoms with Gasteiger partial charge in [-0.2, -0.15) is 0 Å². The van der Waals surface area contributed by atoms with Gasteiger partial charge in [0.05, 0.1) is 6.33 Å². The zero-order valence-electron chi connectivity index (χ0n) is 11.7. The standard InChI is InChI=1S/C12H16N6O4/c1-2-14-11(21)8-6(19)7(20)12(22-8)18-4-17-5-9(13)15-3-16-10(5)18/h3-4,6-8,12,19-20H,2H2,1H3,(H,14,21)(H2,13,15,16)/t6?,7?,8-,12+/m0/s1. The van der Waals surface area contributed by atoms with E-state index < -0.39 is 30.4 Å². The normalized spacial score (nSPS) is 28.1. The van der Waals surface area contributed by atoms with Gasteiger partial charge in [-0.1, -0.05) is 0 Å². The van der Waals surface area contributed by atoms with Crippen molar-refractivity contribution in [2.45, 2.75) is 31.5 Å². The molecule has 10 heteroatoms. The Balaban J connectivity index is 1.94. The van der Waals surface area contributed by atoms with Crippen LogP contribution in [0.4, 0.5) is 5.82 Å². The maximum absolute atomic E-state index is 11.9. The topological polar surface area (TPSA) is 148 Å². The van der Waals surface area contributed by atoms with E-state index in [4.69, 9.17) is 10.5 Å². The van der Waals surface area contributed by atoms with Gasteiger partial charge in [-0.3, -0.25) is 9.36 Å². The maximum Gasteiger partial charge on any atom is 0.252 e. The lowest BCUT2D eigenvalue weighted by Crippen LogP contribution is -2.42. The molecule has 1 fully saturated rings. The van der Waals surface area contributed by atoms with Crippen molar-refractivity contribution in [3.8, 4) is 0 Å². The molecule has 118 valence electrons. The molecule has 5 N–H and O–H groups in total. The molecule has 1 saturated heterocycles. The summed E-state index contributed by atoms with van der Waals surface area (Å²) in [6.45, 7) is 2.14. The van der Waals surface area contributed by atoms with E-state index in [1.54, 1.807) is 6.92 Å². The lowest BCUT2D eigenvalue weighted by molar-refractivity contribution is -0.137. The first kappa shape index (κ1) is 14.6. The van der Waals surface area contributed by atoms with Gasteiger partial charge in [0.25, 0.3) is 5.91 Å². The van der Waals surface area contributed by atoms with Crippen LogP contribution in [-0.2, 0) is 9.53 Å². The summed E-state index contributed by atoms with van der Waals surface area (Å²) in [5, 5.41) is 22.7. The summed E-state index contributed by atoms with van der Waals surface area (Å²) in [6, 6.07) is 0. The molecule has 1 aliphatic rings. The van der Waals surface area contributed by atoms with Crippen molar-refractivity contribution < 1.29 is 19.7 Å². The van der Waals surface area contributed by atoms with Crippen LogP contribution in [0, 0.1) is 0 Å². The molecule has 0 spiro atoms. The van der Waals surface area contributed by atoms with Gasteiger partial charge in [0, 0.05) is 6.54 Å². The number of amides is 1. The highest BCUT2D eigenvalue weighted by molar-refractivity contribution is 5.82. The zero-order valence-corrected chi connectivity index (χ0v) is 11.7. The van der Waals surface area contributed by atoms with E-state index in [0.717, 1.165) is 0 Å². The molecule has 0 radical (unpaired) electrons. The van der Waals surface area contributed by atoms with Crippen LogP contribution in [0.25, 0.3) is 11.2 Å². The molecule has 2 aromatic heterocycles. The number of aromatic nitrogens is 4. The van der Waals surface area contributed by atoms with E-state index in [9.17, 15) is 15.0 Å². The fourth-order valence-electron chi connectivity index (χ4n) is 2.44. The number of nitrogen functional groups attached to an aromatic ring is 1. The van der Waals surface area contributed by atoms with Crippen LogP contribution in [0.2, 0.25) is 0 Å². The molecule has 3 rings (SSSR count). The number of rotatable bonds is 3. The van der Waals surface area contributed by atoms with E-state index >= 15 is 0 Å². The molecule has 4 atom stereocenters. The molecule has 0 aliphatic carbocycles. The lowest BCUT2D eigenvalue weighted by Gasteiger charge is -2.16. The minimum absolute atomic E-state index is 0.192. The van der Waals surface area contributed by atoms with Gasteiger partial charge in [0.15, 0.2) is 23.8 Å². The number of anilines is 1. The first-order chi connectivity index (χ1) is 10.5. The SMILES string of the molecule is CCNC(=O)[C@H]1O[C@@H](n2cnc3c(N)ncnc32)C(O)C1O. The molecule has 0 aromatic carbocycles. The largest absolute Gasteiger partial charge is 0.387 e. The smallest absolute Gasteiger partial charge is 0.252 e. The Morgan fingerprint density at radius 3 is 2.91 bits per heavy atom. The second-order valence-electron chi connectivity index (χ2n) is 4.91. The first-order valence-electron chi connectivity index (χ1n) is 6.77. The van der Waals surface area contributed by atoms with E-state index in [-0.39, 0.29) is 5.82 Å². The number of aliphatic hydroxyl groups excluding tert-OH is 2. The fraction of sp³-hybridized carbons (Fsp3) is 0.500. The van der Waals surface area contributed by atoms with E-state index in [1.165, 1.54) is 17.2 Å². The second-order valence-corrected chi connectivity index (χ2v) is 4.91. The predicted molar refractivity (Wildman–Crippen MR) is 74.3 cm³/mol. The molecule has 10 nitrogen and oxygen atoms in total. The Morgan fingerprint density at radius 2 is 2.18 bits per heavy atom. The van der Waals surface area contributed by atoms with Crippen LogP contribution in [-0.4, -0.2) is 60.5 Å². The molecule has 1 amide bonds. The predicted octanol–water partition coefficient (Wildman–Crippen LogP) is -1.84. The molecular weight excluding hydrogens is 292 g/mol. The van der Waals surface area contributed by atoms with E-state index in [0.29, 0.717) is 17.7 Å². The van der Waals surface area contributed by atoms with E-state index in [1.807, 2.05) is 0 Å². The summed E-state index contributed by atoms with van der Waals surface area (Å²) in [4.78, 5) is 23.8. The lowest BCUT2D eigenvalue weighted by atomic mass is 10.1. The summed E-state index contributed by atoms with van der Waals surface area (Å²) >= 11 is 0.